The first-order valence-electron chi connectivity index (χ1n) is 6.94. The van der Waals surface area contributed by atoms with Gasteiger partial charge in [0.05, 0.1) is 0 Å². The van der Waals surface area contributed by atoms with Gasteiger partial charge in [-0.15, -0.1) is 0 Å². The van der Waals surface area contributed by atoms with Gasteiger partial charge in [-0.05, 0) is 36.0 Å². The number of alkyl halides is 1. The Morgan fingerprint density at radius 3 is 2.16 bits per heavy atom. The molecule has 1 atom stereocenters. The Bertz CT molecular complexity index is 480. The lowest BCUT2D eigenvalue weighted by atomic mass is 9.47. The van der Waals surface area contributed by atoms with Crippen molar-refractivity contribution in [2.24, 2.45) is 10.8 Å². The van der Waals surface area contributed by atoms with Crippen LogP contribution in [0.2, 0.25) is 0 Å². The Morgan fingerprint density at radius 1 is 1.16 bits per heavy atom. The smallest absolute Gasteiger partial charge is 0.137 e. The van der Waals surface area contributed by atoms with Crippen molar-refractivity contribution in [1.82, 2.24) is 5.32 Å². The van der Waals surface area contributed by atoms with E-state index < -0.39 is 5.67 Å². The molecule has 1 aromatic carbocycles. The zero-order valence-electron chi connectivity index (χ0n) is 11.8. The van der Waals surface area contributed by atoms with E-state index in [2.05, 4.69) is 26.1 Å². The minimum absolute atomic E-state index is 0.0986. The van der Waals surface area contributed by atoms with E-state index in [1.54, 1.807) is 12.1 Å². The van der Waals surface area contributed by atoms with Gasteiger partial charge in [0, 0.05) is 18.0 Å². The lowest BCUT2D eigenvalue weighted by molar-refractivity contribution is -0.158. The van der Waals surface area contributed by atoms with E-state index in [4.69, 9.17) is 0 Å². The van der Waals surface area contributed by atoms with Gasteiger partial charge in [-0.2, -0.15) is 0 Å². The molecule has 3 rings (SSSR count). The highest BCUT2D eigenvalue weighted by Gasteiger charge is 2.65. The number of benzene rings is 1. The summed E-state index contributed by atoms with van der Waals surface area (Å²) in [4.78, 5) is 0. The molecule has 3 heteroatoms. The maximum Gasteiger partial charge on any atom is 0.137 e. The number of nitrogens with one attached hydrogen (secondary N) is 1. The molecular formula is C16H21F2N. The molecule has 1 aliphatic carbocycles. The molecule has 1 spiro atoms. The fourth-order valence-corrected chi connectivity index (χ4v) is 4.06. The highest BCUT2D eigenvalue weighted by molar-refractivity contribution is 5.31. The van der Waals surface area contributed by atoms with Crippen LogP contribution < -0.4 is 5.32 Å². The van der Waals surface area contributed by atoms with Crippen molar-refractivity contribution in [3.63, 3.8) is 0 Å². The van der Waals surface area contributed by atoms with Crippen molar-refractivity contribution in [2.45, 2.75) is 45.3 Å². The fourth-order valence-electron chi connectivity index (χ4n) is 4.06. The predicted molar refractivity (Wildman–Crippen MR) is 72.1 cm³/mol. The second-order valence-electron chi connectivity index (χ2n) is 7.37. The summed E-state index contributed by atoms with van der Waals surface area (Å²) in [6, 6.07) is 6.24. The first-order chi connectivity index (χ1) is 8.75. The van der Waals surface area contributed by atoms with E-state index in [0.717, 1.165) is 6.54 Å². The van der Waals surface area contributed by atoms with Crippen molar-refractivity contribution in [3.05, 3.63) is 35.6 Å². The number of hydrogen-bond acceptors (Lipinski definition) is 1. The third-order valence-electron chi connectivity index (χ3n) is 4.76. The van der Waals surface area contributed by atoms with Crippen LogP contribution in [0.15, 0.2) is 24.3 Å². The highest BCUT2D eigenvalue weighted by atomic mass is 19.1. The van der Waals surface area contributed by atoms with Crippen molar-refractivity contribution in [1.29, 1.82) is 0 Å². The molecule has 1 saturated carbocycles. The summed E-state index contributed by atoms with van der Waals surface area (Å²) in [5, 5.41) is 3.45. The predicted octanol–water partition coefficient (Wildman–Crippen LogP) is 3.79. The molecule has 0 bridgehead atoms. The normalized spacial score (nSPS) is 37.8. The minimum atomic E-state index is -1.26. The fraction of sp³-hybridized carbons (Fsp3) is 0.625. The van der Waals surface area contributed by atoms with Crippen LogP contribution in [-0.2, 0) is 5.67 Å². The maximum absolute atomic E-state index is 14.9. The molecule has 1 aromatic rings. The van der Waals surface area contributed by atoms with Gasteiger partial charge in [-0.3, -0.25) is 0 Å². The minimum Gasteiger partial charge on any atom is -0.312 e. The molecule has 0 aromatic heterocycles. The molecular weight excluding hydrogens is 244 g/mol. The summed E-state index contributed by atoms with van der Waals surface area (Å²) < 4.78 is 27.8. The quantitative estimate of drug-likeness (QED) is 0.814. The number of halogens is 2. The van der Waals surface area contributed by atoms with E-state index in [1.165, 1.54) is 12.1 Å². The second kappa shape index (κ2) is 3.78. The van der Waals surface area contributed by atoms with Crippen LogP contribution in [0.1, 0.15) is 39.2 Å². The summed E-state index contributed by atoms with van der Waals surface area (Å²) in [5.41, 5.74) is -0.387. The van der Waals surface area contributed by atoms with Gasteiger partial charge >= 0.3 is 0 Å². The van der Waals surface area contributed by atoms with Crippen molar-refractivity contribution >= 4 is 0 Å². The SMILES string of the molecule is CC(C)(C)C1NCC12CC(F)(c1ccc(F)cc1)C2. The average Bonchev–Trinajstić information content (AvgIpc) is 2.21. The van der Waals surface area contributed by atoms with Crippen LogP contribution in [0.4, 0.5) is 8.78 Å². The number of rotatable bonds is 1. The first kappa shape index (κ1) is 13.0. The van der Waals surface area contributed by atoms with Gasteiger partial charge < -0.3 is 5.32 Å². The molecule has 1 nitrogen and oxygen atoms in total. The molecule has 1 aliphatic heterocycles. The Morgan fingerprint density at radius 2 is 1.74 bits per heavy atom. The molecule has 1 saturated heterocycles. The van der Waals surface area contributed by atoms with Crippen LogP contribution >= 0.6 is 0 Å². The summed E-state index contributed by atoms with van der Waals surface area (Å²) in [5.74, 6) is -0.306. The van der Waals surface area contributed by atoms with Gasteiger partial charge in [0.15, 0.2) is 0 Å². The summed E-state index contributed by atoms with van der Waals surface area (Å²) in [6.07, 6.45) is 1.11. The monoisotopic (exact) mass is 265 g/mol. The Labute approximate surface area is 113 Å². The van der Waals surface area contributed by atoms with E-state index in [1.807, 2.05) is 0 Å². The lowest BCUT2D eigenvalue weighted by Gasteiger charge is -2.65. The molecule has 2 fully saturated rings. The zero-order chi connectivity index (χ0) is 13.9. The van der Waals surface area contributed by atoms with Gasteiger partial charge in [-0.25, -0.2) is 8.78 Å². The highest BCUT2D eigenvalue weighted by Crippen LogP contribution is 2.63. The summed E-state index contributed by atoms with van der Waals surface area (Å²) in [7, 11) is 0. The standard InChI is InChI=1S/C16H21F2N/c1-14(2,3)13-15(10-19-13)8-16(18,9-15)11-4-6-12(17)7-5-11/h4-7,13,19H,8-10H2,1-3H3. The summed E-state index contributed by atoms with van der Waals surface area (Å²) >= 11 is 0. The Kier molecular flexibility index (Phi) is 2.60. The molecule has 2 aliphatic rings. The maximum atomic E-state index is 14.9. The van der Waals surface area contributed by atoms with E-state index in [0.29, 0.717) is 24.4 Å². The van der Waals surface area contributed by atoms with Crippen molar-refractivity contribution in [3.8, 4) is 0 Å². The molecule has 19 heavy (non-hydrogen) atoms. The van der Waals surface area contributed by atoms with Crippen molar-refractivity contribution in [2.75, 3.05) is 6.54 Å². The zero-order valence-corrected chi connectivity index (χ0v) is 11.8. The Balaban J connectivity index is 1.77. The topological polar surface area (TPSA) is 12.0 Å². The van der Waals surface area contributed by atoms with Crippen LogP contribution in [0, 0.1) is 16.6 Å². The molecule has 104 valence electrons. The average molecular weight is 265 g/mol. The molecule has 1 unspecified atom stereocenters. The first-order valence-corrected chi connectivity index (χ1v) is 6.94. The van der Waals surface area contributed by atoms with E-state index in [-0.39, 0.29) is 16.6 Å². The van der Waals surface area contributed by atoms with E-state index >= 15 is 0 Å². The molecule has 1 N–H and O–H groups in total. The molecule has 1 heterocycles. The Hall–Kier alpha value is -0.960. The van der Waals surface area contributed by atoms with Crippen molar-refractivity contribution < 1.29 is 8.78 Å². The van der Waals surface area contributed by atoms with Gasteiger partial charge in [0.1, 0.15) is 11.5 Å². The van der Waals surface area contributed by atoms with E-state index in [9.17, 15) is 8.78 Å². The molecule has 0 radical (unpaired) electrons. The third kappa shape index (κ3) is 1.90. The van der Waals surface area contributed by atoms with Crippen LogP contribution in [0.3, 0.4) is 0 Å². The van der Waals surface area contributed by atoms with Crippen LogP contribution in [-0.4, -0.2) is 12.6 Å². The second-order valence-corrected chi connectivity index (χ2v) is 7.37. The largest absolute Gasteiger partial charge is 0.312 e. The van der Waals surface area contributed by atoms with Crippen LogP contribution in [0.5, 0.6) is 0 Å². The molecule has 0 amide bonds. The number of hydrogen-bond donors (Lipinski definition) is 1. The van der Waals surface area contributed by atoms with Gasteiger partial charge in [-0.1, -0.05) is 32.9 Å². The summed E-state index contributed by atoms with van der Waals surface area (Å²) in [6.45, 7) is 7.49. The van der Waals surface area contributed by atoms with Crippen LogP contribution in [0.25, 0.3) is 0 Å². The third-order valence-corrected chi connectivity index (χ3v) is 4.76. The van der Waals surface area contributed by atoms with Gasteiger partial charge in [0.25, 0.3) is 0 Å². The lowest BCUT2D eigenvalue weighted by Crippen LogP contribution is -2.74. The van der Waals surface area contributed by atoms with Gasteiger partial charge in [0.2, 0.25) is 0 Å².